The van der Waals surface area contributed by atoms with Gasteiger partial charge in [0, 0.05) is 25.9 Å². The molecule has 0 radical (unpaired) electrons. The van der Waals surface area contributed by atoms with Gasteiger partial charge in [-0.25, -0.2) is 4.18 Å². The molecule has 12 N–H and O–H groups in total. The van der Waals surface area contributed by atoms with Crippen molar-refractivity contribution in [2.24, 2.45) is 45.3 Å². The molecule has 1 spiro atoms. The number of aliphatic hydroxyl groups is 11. The van der Waals surface area contributed by atoms with Gasteiger partial charge in [0.25, 0.3) is 0 Å². The van der Waals surface area contributed by atoms with Crippen LogP contribution in [0.3, 0.4) is 0 Å². The van der Waals surface area contributed by atoms with Gasteiger partial charge in [0.05, 0.1) is 56.1 Å². The van der Waals surface area contributed by atoms with Gasteiger partial charge < -0.3 is 118 Å². The zero-order chi connectivity index (χ0) is 66.6. The van der Waals surface area contributed by atoms with Gasteiger partial charge in [-0.3, -0.25) is 14.1 Å². The SMILES string of the molecule is CO[C@@H]1[C@@H](O)[C@H](O[C@@H]2[C@@H](O)[C@H](O[C@H]3[C@H](O)[C@@H](O[C@@H]4OC[C@@H](O)[C@H](O)[C@H]4O)[C@H](O[C@H]4[C@H](O[C@H]5CC[C@]6(C)[C@@H]7CC[C@]89C(=O)O[C@@](C)(C[C@@H](O)CC(C)C)[C@H]8[C@@H](OC(C)=O)C[C@@]9(C)C7=CC[C@H]6C5(C)C)OC[C@@H](O)[C@@H]4OS(=O)(=O)O)O[C@@H]3C)OC[C@H]2O)O[C@H](CO)[C@H]1O. The van der Waals surface area contributed by atoms with Crippen molar-refractivity contribution in [2.45, 2.75) is 273 Å². The van der Waals surface area contributed by atoms with Crippen molar-refractivity contribution in [1.82, 2.24) is 0 Å². The molecule has 0 aromatic carbocycles. The smallest absolute Gasteiger partial charge is 0.397 e. The lowest BCUT2D eigenvalue weighted by atomic mass is 9.41. The van der Waals surface area contributed by atoms with E-state index >= 15 is 0 Å². The van der Waals surface area contributed by atoms with Gasteiger partial charge in [-0.2, -0.15) is 8.42 Å². The normalized spacial score (nSPS) is 50.2. The monoisotopic (exact) mass is 1330 g/mol. The average Bonchev–Trinajstić information content (AvgIpc) is 1.52. The topological polar surface area (TPSA) is 440 Å². The van der Waals surface area contributed by atoms with Crippen molar-refractivity contribution in [3.63, 3.8) is 0 Å². The molecule has 0 unspecified atom stereocenters. The second kappa shape index (κ2) is 26.8. The minimum atomic E-state index is -5.41. The summed E-state index contributed by atoms with van der Waals surface area (Å²) in [5.74, 6) is -1.38. The Morgan fingerprint density at radius 2 is 1.31 bits per heavy atom. The fourth-order valence-corrected chi connectivity index (χ4v) is 18.4. The molecule has 10 aliphatic rings. The summed E-state index contributed by atoms with van der Waals surface area (Å²) in [7, 11) is -4.23. The highest BCUT2D eigenvalue weighted by molar-refractivity contribution is 7.80. The van der Waals surface area contributed by atoms with Gasteiger partial charge in [-0.05, 0) is 87.4 Å². The van der Waals surface area contributed by atoms with Gasteiger partial charge >= 0.3 is 22.3 Å². The summed E-state index contributed by atoms with van der Waals surface area (Å²) in [6, 6.07) is 0. The minimum absolute atomic E-state index is 0.0626. The lowest BCUT2D eigenvalue weighted by molar-refractivity contribution is -0.398. The summed E-state index contributed by atoms with van der Waals surface area (Å²) in [6.07, 6.45) is -34.7. The van der Waals surface area contributed by atoms with Crippen molar-refractivity contribution in [1.29, 1.82) is 0 Å². The number of fused-ring (bicyclic) bond motifs is 4. The maximum atomic E-state index is 14.8. The number of rotatable bonds is 19. The third kappa shape index (κ3) is 13.0. The molecule has 0 aromatic rings. The molecule has 0 aromatic heterocycles. The average molecular weight is 1330 g/mol. The maximum absolute atomic E-state index is 14.8. The largest absolute Gasteiger partial charge is 0.462 e. The van der Waals surface area contributed by atoms with Crippen LogP contribution in [0, 0.1) is 45.3 Å². The van der Waals surface area contributed by atoms with Crippen LogP contribution < -0.4 is 0 Å². The second-order valence-electron chi connectivity index (χ2n) is 28.6. The molecule has 3 saturated carbocycles. The molecule has 522 valence electrons. The fourth-order valence-electron chi connectivity index (χ4n) is 17.9. The Morgan fingerprint density at radius 3 is 1.95 bits per heavy atom. The van der Waals surface area contributed by atoms with E-state index in [1.807, 2.05) is 34.6 Å². The van der Waals surface area contributed by atoms with E-state index in [2.05, 4.69) is 19.9 Å². The molecule has 6 saturated heterocycles. The van der Waals surface area contributed by atoms with Crippen LogP contribution in [-0.2, 0) is 85.8 Å². The molecule has 0 amide bonds. The quantitative estimate of drug-likeness (QED) is 0.0383. The number of ether oxygens (including phenoxy) is 13. The Kier molecular flexibility index (Phi) is 21.1. The van der Waals surface area contributed by atoms with Gasteiger partial charge in [0.2, 0.25) is 0 Å². The molecule has 9 fully saturated rings. The van der Waals surface area contributed by atoms with Crippen LogP contribution in [0.2, 0.25) is 0 Å². The van der Waals surface area contributed by atoms with Gasteiger partial charge in [-0.1, -0.05) is 53.2 Å². The van der Waals surface area contributed by atoms with Crippen LogP contribution >= 0.6 is 0 Å². The molecule has 32 atom stereocenters. The van der Waals surface area contributed by atoms with Crippen LogP contribution in [0.15, 0.2) is 11.6 Å². The number of cyclic esters (lactones) is 1. The third-order valence-electron chi connectivity index (χ3n) is 22.1. The molecule has 30 nitrogen and oxygen atoms in total. The standard InChI is InChI=1S/C60H96O30S/c1-24(2)17-27(63)18-59(9)49-33(82-26(4)62)19-58(8)29-11-12-35-56(5,6)36(14-15-57(35,7)28(29)13-16-60(49,58)55(73)89-59)84-53-48(45(32(66)23-80-53)90-91(74,75)76)88-54-47(87-50-39(69)37(67)30(64)21-78-50)40(70)43(25(3)81-54)85-51-41(71)44(31(65)22-79-51)86-52-42(72)46(77-10)38(68)34(20-61)83-52/h11,24-25,27-28,30-54,61,63-72H,12-23H2,1-10H3,(H,74,75,76)/t25-,27+,28-,30-,31-,32-,33+,34-,35+,36+,37+,38-,39-,40+,41-,42-,43-,44+,45+,46+,47-,48-,49-,50+,51+,52+,53+,54+,57-,58+,59+,60-/m1/s1. The van der Waals surface area contributed by atoms with E-state index in [1.165, 1.54) is 21.0 Å². The van der Waals surface area contributed by atoms with Crippen molar-refractivity contribution in [3.8, 4) is 0 Å². The lowest BCUT2D eigenvalue weighted by Gasteiger charge is -2.64. The Balaban J connectivity index is 0.912. The highest BCUT2D eigenvalue weighted by Gasteiger charge is 2.80. The summed E-state index contributed by atoms with van der Waals surface area (Å²) in [5.41, 5.74) is -3.06. The van der Waals surface area contributed by atoms with E-state index in [-0.39, 0.29) is 30.1 Å². The summed E-state index contributed by atoms with van der Waals surface area (Å²) in [6.45, 7) is 14.5. The molecule has 6 heterocycles. The zero-order valence-corrected chi connectivity index (χ0v) is 53.7. The number of carbonyl (C=O) groups excluding carboxylic acids is 2. The van der Waals surface area contributed by atoms with Crippen molar-refractivity contribution in [3.05, 3.63) is 11.6 Å². The van der Waals surface area contributed by atoms with Gasteiger partial charge in [-0.15, -0.1) is 0 Å². The Morgan fingerprint density at radius 1 is 0.703 bits per heavy atom. The number of allylic oxidation sites excluding steroid dienone is 2. The number of hydrogen-bond acceptors (Lipinski definition) is 29. The number of carbonyl (C=O) groups is 2. The first-order valence-corrected chi connectivity index (χ1v) is 33.1. The first-order valence-electron chi connectivity index (χ1n) is 31.7. The predicted octanol–water partition coefficient (Wildman–Crippen LogP) is -1.87. The molecular weight excluding hydrogens is 1230 g/mol. The van der Waals surface area contributed by atoms with Crippen LogP contribution in [0.25, 0.3) is 0 Å². The van der Waals surface area contributed by atoms with Crippen molar-refractivity contribution >= 4 is 22.3 Å². The van der Waals surface area contributed by atoms with Gasteiger partial charge in [0.15, 0.2) is 31.5 Å². The molecule has 31 heteroatoms. The molecule has 6 aliphatic heterocycles. The Bertz CT molecular complexity index is 2710. The van der Waals surface area contributed by atoms with Crippen molar-refractivity contribution in [2.75, 3.05) is 33.5 Å². The van der Waals surface area contributed by atoms with Crippen LogP contribution in [0.4, 0.5) is 0 Å². The molecule has 91 heavy (non-hydrogen) atoms. The van der Waals surface area contributed by atoms with Crippen molar-refractivity contribution < 1.29 is 144 Å². The third-order valence-corrected chi connectivity index (χ3v) is 22.5. The predicted molar refractivity (Wildman–Crippen MR) is 304 cm³/mol. The summed E-state index contributed by atoms with van der Waals surface area (Å²) in [5, 5.41) is 122. The fraction of sp³-hybridized carbons (Fsp3) is 0.933. The van der Waals surface area contributed by atoms with Crippen LogP contribution in [0.1, 0.15) is 114 Å². The zero-order valence-electron chi connectivity index (χ0n) is 52.9. The number of aliphatic hydroxyl groups excluding tert-OH is 11. The van der Waals surface area contributed by atoms with Crippen LogP contribution in [-0.4, -0.2) is 274 Å². The molecule has 10 rings (SSSR count). The van der Waals surface area contributed by atoms with E-state index in [0.717, 1.165) is 5.57 Å². The van der Waals surface area contributed by atoms with E-state index in [1.54, 1.807) is 0 Å². The van der Waals surface area contributed by atoms with E-state index in [4.69, 9.17) is 65.8 Å². The first kappa shape index (κ1) is 71.4. The maximum Gasteiger partial charge on any atom is 0.397 e. The highest BCUT2D eigenvalue weighted by Crippen LogP contribution is 2.77. The molecular formula is C60H96O30S. The Labute approximate surface area is 528 Å². The van der Waals surface area contributed by atoms with Gasteiger partial charge in [0.1, 0.15) is 109 Å². The van der Waals surface area contributed by atoms with E-state index < -0.39 is 230 Å². The summed E-state index contributed by atoms with van der Waals surface area (Å²) in [4.78, 5) is 27.7. The number of methoxy groups -OCH3 is 1. The molecule has 4 aliphatic carbocycles. The van der Waals surface area contributed by atoms with E-state index in [0.29, 0.717) is 44.9 Å². The van der Waals surface area contributed by atoms with E-state index in [9.17, 15) is 78.7 Å². The van der Waals surface area contributed by atoms with Crippen LogP contribution in [0.5, 0.6) is 0 Å². The Hall–Kier alpha value is -2.33. The molecule has 0 bridgehead atoms. The first-order chi connectivity index (χ1) is 42.5. The number of hydrogen-bond donors (Lipinski definition) is 12. The second-order valence-corrected chi connectivity index (χ2v) is 29.7. The highest BCUT2D eigenvalue weighted by atomic mass is 32.3. The lowest BCUT2D eigenvalue weighted by Crippen LogP contribution is -2.67. The summed E-state index contributed by atoms with van der Waals surface area (Å²) >= 11 is 0. The summed E-state index contributed by atoms with van der Waals surface area (Å²) < 4.78 is 119. The number of esters is 2. The minimum Gasteiger partial charge on any atom is -0.462 e.